The molecule has 0 unspecified atom stereocenters. The SMILES string of the molecule is O=C(NC(=O)c1ccc([N+](=O)[O-])cc1)c1ccc(Cl)cc1. The molecule has 1 N–H and O–H groups in total. The van der Waals surface area contributed by atoms with E-state index in [9.17, 15) is 19.7 Å². The summed E-state index contributed by atoms with van der Waals surface area (Å²) in [5, 5.41) is 13.2. The molecule has 2 rings (SSSR count). The van der Waals surface area contributed by atoms with Crippen LogP contribution in [0.3, 0.4) is 0 Å². The van der Waals surface area contributed by atoms with Gasteiger partial charge in [0.1, 0.15) is 0 Å². The van der Waals surface area contributed by atoms with Crippen molar-refractivity contribution in [2.75, 3.05) is 0 Å². The van der Waals surface area contributed by atoms with Crippen molar-refractivity contribution in [2.24, 2.45) is 0 Å². The average molecular weight is 305 g/mol. The highest BCUT2D eigenvalue weighted by molar-refractivity contribution is 6.30. The Morgan fingerprint density at radius 2 is 1.33 bits per heavy atom. The highest BCUT2D eigenvalue weighted by Gasteiger charge is 2.13. The quantitative estimate of drug-likeness (QED) is 0.536. The third kappa shape index (κ3) is 3.64. The Kier molecular flexibility index (Phi) is 4.30. The predicted molar refractivity (Wildman–Crippen MR) is 76.3 cm³/mol. The standard InChI is InChI=1S/C14H9ClN2O4/c15-11-5-1-9(2-6-11)13(18)16-14(19)10-3-7-12(8-4-10)17(20)21/h1-8H,(H,16,18,19). The van der Waals surface area contributed by atoms with Gasteiger partial charge in [0.05, 0.1) is 4.92 Å². The summed E-state index contributed by atoms with van der Waals surface area (Å²) in [6.07, 6.45) is 0. The largest absolute Gasteiger partial charge is 0.288 e. The summed E-state index contributed by atoms with van der Waals surface area (Å²) in [4.78, 5) is 33.6. The van der Waals surface area contributed by atoms with Gasteiger partial charge in [0.15, 0.2) is 0 Å². The average Bonchev–Trinajstić information content (AvgIpc) is 2.47. The number of carbonyl (C=O) groups is 2. The lowest BCUT2D eigenvalue weighted by molar-refractivity contribution is -0.384. The van der Waals surface area contributed by atoms with E-state index in [-0.39, 0.29) is 16.8 Å². The van der Waals surface area contributed by atoms with E-state index < -0.39 is 16.7 Å². The van der Waals surface area contributed by atoms with Crippen molar-refractivity contribution in [3.8, 4) is 0 Å². The van der Waals surface area contributed by atoms with E-state index in [1.54, 1.807) is 0 Å². The molecule has 6 nitrogen and oxygen atoms in total. The number of imide groups is 1. The van der Waals surface area contributed by atoms with Crippen molar-refractivity contribution in [3.05, 3.63) is 74.8 Å². The van der Waals surface area contributed by atoms with Gasteiger partial charge in [-0.15, -0.1) is 0 Å². The highest BCUT2D eigenvalue weighted by Crippen LogP contribution is 2.12. The second-order valence-electron chi connectivity index (χ2n) is 4.09. The fraction of sp³-hybridized carbons (Fsp3) is 0. The van der Waals surface area contributed by atoms with Gasteiger partial charge in [-0.05, 0) is 36.4 Å². The first-order chi connectivity index (χ1) is 9.97. The van der Waals surface area contributed by atoms with Gasteiger partial charge in [0.25, 0.3) is 17.5 Å². The number of carbonyl (C=O) groups excluding carboxylic acids is 2. The molecule has 0 spiro atoms. The molecule has 2 aromatic carbocycles. The Labute approximate surface area is 124 Å². The van der Waals surface area contributed by atoms with Crippen LogP contribution in [-0.4, -0.2) is 16.7 Å². The Hall–Kier alpha value is -2.73. The molecule has 2 amide bonds. The predicted octanol–water partition coefficient (Wildman–Crippen LogP) is 2.82. The lowest BCUT2D eigenvalue weighted by atomic mass is 10.1. The summed E-state index contributed by atoms with van der Waals surface area (Å²) >= 11 is 5.70. The fourth-order valence-electron chi connectivity index (χ4n) is 1.58. The third-order valence-electron chi connectivity index (χ3n) is 2.67. The summed E-state index contributed by atoms with van der Waals surface area (Å²) in [7, 11) is 0. The monoisotopic (exact) mass is 304 g/mol. The molecule has 0 fully saturated rings. The number of nitro benzene ring substituents is 1. The van der Waals surface area contributed by atoms with Crippen LogP contribution in [0.15, 0.2) is 48.5 Å². The number of hydrogen-bond acceptors (Lipinski definition) is 4. The van der Waals surface area contributed by atoms with Crippen molar-refractivity contribution in [1.82, 2.24) is 5.32 Å². The zero-order chi connectivity index (χ0) is 15.4. The number of hydrogen-bond donors (Lipinski definition) is 1. The summed E-state index contributed by atoms with van der Waals surface area (Å²) < 4.78 is 0. The van der Waals surface area contributed by atoms with Crippen LogP contribution in [-0.2, 0) is 0 Å². The Bertz CT molecular complexity index is 696. The van der Waals surface area contributed by atoms with Crippen LogP contribution in [0.4, 0.5) is 5.69 Å². The minimum Gasteiger partial charge on any atom is -0.288 e. The molecule has 0 aliphatic carbocycles. The van der Waals surface area contributed by atoms with Gasteiger partial charge in [-0.3, -0.25) is 25.0 Å². The fourth-order valence-corrected chi connectivity index (χ4v) is 1.71. The molecule has 0 atom stereocenters. The normalized spacial score (nSPS) is 9.95. The number of nitrogens with one attached hydrogen (secondary N) is 1. The first-order valence-corrected chi connectivity index (χ1v) is 6.21. The Morgan fingerprint density at radius 1 is 0.905 bits per heavy atom. The van der Waals surface area contributed by atoms with Gasteiger partial charge in [-0.1, -0.05) is 11.6 Å². The molecule has 0 aliphatic heterocycles. The zero-order valence-electron chi connectivity index (χ0n) is 10.6. The molecule has 0 aromatic heterocycles. The maximum absolute atomic E-state index is 11.8. The van der Waals surface area contributed by atoms with Crippen molar-refractivity contribution in [3.63, 3.8) is 0 Å². The molecule has 2 aromatic rings. The summed E-state index contributed by atoms with van der Waals surface area (Å²) in [6.45, 7) is 0. The summed E-state index contributed by atoms with van der Waals surface area (Å²) in [6, 6.07) is 11.0. The van der Waals surface area contributed by atoms with Crippen molar-refractivity contribution in [1.29, 1.82) is 0 Å². The number of nitrogens with zero attached hydrogens (tertiary/aromatic N) is 1. The van der Waals surface area contributed by atoms with E-state index in [0.29, 0.717) is 5.02 Å². The van der Waals surface area contributed by atoms with E-state index in [1.165, 1.54) is 48.5 Å². The van der Waals surface area contributed by atoms with Gasteiger partial charge >= 0.3 is 0 Å². The maximum atomic E-state index is 11.8. The second kappa shape index (κ2) is 6.15. The number of non-ortho nitro benzene ring substituents is 1. The molecular formula is C14H9ClN2O4. The lowest BCUT2D eigenvalue weighted by Crippen LogP contribution is -2.30. The molecular weight excluding hydrogens is 296 g/mol. The Balaban J connectivity index is 2.08. The number of benzene rings is 2. The smallest absolute Gasteiger partial charge is 0.269 e. The minimum atomic E-state index is -0.634. The topological polar surface area (TPSA) is 89.3 Å². The van der Waals surface area contributed by atoms with E-state index in [0.717, 1.165) is 0 Å². The zero-order valence-corrected chi connectivity index (χ0v) is 11.3. The van der Waals surface area contributed by atoms with Crippen LogP contribution in [0, 0.1) is 10.1 Å². The van der Waals surface area contributed by atoms with Crippen LogP contribution >= 0.6 is 11.6 Å². The van der Waals surface area contributed by atoms with E-state index in [2.05, 4.69) is 5.32 Å². The van der Waals surface area contributed by atoms with E-state index in [1.807, 2.05) is 0 Å². The number of amides is 2. The van der Waals surface area contributed by atoms with Crippen LogP contribution in [0.2, 0.25) is 5.02 Å². The molecule has 106 valence electrons. The van der Waals surface area contributed by atoms with Crippen LogP contribution < -0.4 is 5.32 Å². The van der Waals surface area contributed by atoms with Gasteiger partial charge in [-0.2, -0.15) is 0 Å². The van der Waals surface area contributed by atoms with Gasteiger partial charge < -0.3 is 0 Å². The first-order valence-electron chi connectivity index (χ1n) is 5.83. The van der Waals surface area contributed by atoms with Gasteiger partial charge in [0.2, 0.25) is 0 Å². The molecule has 0 saturated heterocycles. The number of halogens is 1. The van der Waals surface area contributed by atoms with Crippen molar-refractivity contribution >= 4 is 29.1 Å². The molecule has 0 saturated carbocycles. The lowest BCUT2D eigenvalue weighted by Gasteiger charge is -2.04. The van der Waals surface area contributed by atoms with Crippen molar-refractivity contribution in [2.45, 2.75) is 0 Å². The van der Waals surface area contributed by atoms with Crippen molar-refractivity contribution < 1.29 is 14.5 Å². The highest BCUT2D eigenvalue weighted by atomic mass is 35.5. The number of nitro groups is 1. The molecule has 0 heterocycles. The molecule has 0 bridgehead atoms. The molecule has 7 heteroatoms. The van der Waals surface area contributed by atoms with Gasteiger partial charge in [-0.25, -0.2) is 0 Å². The molecule has 0 aliphatic rings. The van der Waals surface area contributed by atoms with Crippen LogP contribution in [0.25, 0.3) is 0 Å². The molecule has 0 radical (unpaired) electrons. The summed E-state index contributed by atoms with van der Waals surface area (Å²) in [5.41, 5.74) is 0.313. The van der Waals surface area contributed by atoms with Crippen LogP contribution in [0.5, 0.6) is 0 Å². The van der Waals surface area contributed by atoms with E-state index in [4.69, 9.17) is 11.6 Å². The maximum Gasteiger partial charge on any atom is 0.269 e. The minimum absolute atomic E-state index is 0.129. The third-order valence-corrected chi connectivity index (χ3v) is 2.93. The van der Waals surface area contributed by atoms with Gasteiger partial charge in [0, 0.05) is 28.3 Å². The summed E-state index contributed by atoms with van der Waals surface area (Å²) in [5.74, 6) is -1.21. The Morgan fingerprint density at radius 3 is 1.76 bits per heavy atom. The molecule has 21 heavy (non-hydrogen) atoms. The second-order valence-corrected chi connectivity index (χ2v) is 4.53. The number of rotatable bonds is 3. The van der Waals surface area contributed by atoms with Crippen LogP contribution in [0.1, 0.15) is 20.7 Å². The van der Waals surface area contributed by atoms with E-state index >= 15 is 0 Å². The first kappa shape index (κ1) is 14.7.